The van der Waals surface area contributed by atoms with Gasteiger partial charge in [0.15, 0.2) is 0 Å². The van der Waals surface area contributed by atoms with Gasteiger partial charge in [-0.3, -0.25) is 9.10 Å². The highest BCUT2D eigenvalue weighted by Crippen LogP contribution is 2.25. The standard InChI is InChI=1S/C18H21ClN2O3S/c1-12-7-5-8-15(11-12)21(25(4,23)24)14(3)18(22)20-17-10-6-9-16(19)13(17)2/h5-11,14H,1-4H3,(H,20,22)/t14-/m1/s1. The summed E-state index contributed by atoms with van der Waals surface area (Å²) in [5.74, 6) is -0.433. The fourth-order valence-corrected chi connectivity index (χ4v) is 3.90. The minimum atomic E-state index is -3.64. The molecule has 0 bridgehead atoms. The third kappa shape index (κ3) is 4.52. The molecule has 2 rings (SSSR count). The second-order valence-corrected chi connectivity index (χ2v) is 8.24. The fourth-order valence-electron chi connectivity index (χ4n) is 2.55. The van der Waals surface area contributed by atoms with E-state index in [0.29, 0.717) is 16.4 Å². The van der Waals surface area contributed by atoms with Gasteiger partial charge in [0.25, 0.3) is 0 Å². The number of anilines is 2. The quantitative estimate of drug-likeness (QED) is 0.858. The van der Waals surface area contributed by atoms with Crippen molar-refractivity contribution in [2.24, 2.45) is 0 Å². The SMILES string of the molecule is Cc1cccc(N([C@H](C)C(=O)Nc2cccc(Cl)c2C)S(C)(=O)=O)c1. The van der Waals surface area contributed by atoms with Crippen molar-refractivity contribution in [2.75, 3.05) is 15.9 Å². The highest BCUT2D eigenvalue weighted by molar-refractivity contribution is 7.92. The van der Waals surface area contributed by atoms with Crippen LogP contribution >= 0.6 is 11.6 Å². The Morgan fingerprint density at radius 1 is 1.16 bits per heavy atom. The van der Waals surface area contributed by atoms with Crippen LogP contribution in [0, 0.1) is 13.8 Å². The lowest BCUT2D eigenvalue weighted by Gasteiger charge is -2.28. The van der Waals surface area contributed by atoms with E-state index in [2.05, 4.69) is 5.32 Å². The van der Waals surface area contributed by atoms with E-state index >= 15 is 0 Å². The van der Waals surface area contributed by atoms with Gasteiger partial charge in [-0.1, -0.05) is 29.8 Å². The van der Waals surface area contributed by atoms with Gasteiger partial charge in [0.05, 0.1) is 11.9 Å². The minimum absolute atomic E-state index is 0.433. The van der Waals surface area contributed by atoms with E-state index in [4.69, 9.17) is 11.6 Å². The van der Waals surface area contributed by atoms with E-state index in [1.807, 2.05) is 13.0 Å². The Morgan fingerprint density at radius 3 is 2.40 bits per heavy atom. The van der Waals surface area contributed by atoms with E-state index in [1.54, 1.807) is 50.2 Å². The normalized spacial score (nSPS) is 12.5. The summed E-state index contributed by atoms with van der Waals surface area (Å²) in [6.45, 7) is 5.21. The Hall–Kier alpha value is -2.05. The van der Waals surface area contributed by atoms with Crippen LogP contribution in [0.2, 0.25) is 5.02 Å². The molecule has 1 atom stereocenters. The van der Waals surface area contributed by atoms with Gasteiger partial charge in [-0.15, -0.1) is 0 Å². The summed E-state index contributed by atoms with van der Waals surface area (Å²) in [6, 6.07) is 11.3. The summed E-state index contributed by atoms with van der Waals surface area (Å²) in [7, 11) is -3.64. The monoisotopic (exact) mass is 380 g/mol. The summed E-state index contributed by atoms with van der Waals surface area (Å²) in [5, 5.41) is 3.29. The van der Waals surface area contributed by atoms with Gasteiger partial charge < -0.3 is 5.32 Å². The van der Waals surface area contributed by atoms with E-state index in [-0.39, 0.29) is 0 Å². The van der Waals surface area contributed by atoms with Crippen LogP contribution in [0.5, 0.6) is 0 Å². The van der Waals surface area contributed by atoms with Crippen LogP contribution in [-0.4, -0.2) is 26.6 Å². The number of nitrogens with one attached hydrogen (secondary N) is 1. The molecular formula is C18H21ClN2O3S. The zero-order valence-electron chi connectivity index (χ0n) is 14.6. The summed E-state index contributed by atoms with van der Waals surface area (Å²) >= 11 is 6.07. The first-order valence-corrected chi connectivity index (χ1v) is 9.96. The first-order valence-electron chi connectivity index (χ1n) is 7.73. The first kappa shape index (κ1) is 19.3. The fraction of sp³-hybridized carbons (Fsp3) is 0.278. The topological polar surface area (TPSA) is 66.5 Å². The predicted octanol–water partition coefficient (Wildman–Crippen LogP) is 3.75. The average Bonchev–Trinajstić information content (AvgIpc) is 2.50. The highest BCUT2D eigenvalue weighted by Gasteiger charge is 2.29. The Balaban J connectivity index is 2.35. The molecule has 2 aromatic carbocycles. The van der Waals surface area contributed by atoms with Crippen LogP contribution in [0.25, 0.3) is 0 Å². The molecule has 7 heteroatoms. The lowest BCUT2D eigenvalue weighted by atomic mass is 10.1. The van der Waals surface area contributed by atoms with Crippen LogP contribution in [0.3, 0.4) is 0 Å². The molecule has 0 spiro atoms. The Morgan fingerprint density at radius 2 is 1.80 bits per heavy atom. The smallest absolute Gasteiger partial charge is 0.248 e. The van der Waals surface area contributed by atoms with Crippen molar-refractivity contribution in [3.8, 4) is 0 Å². The Kier molecular flexibility index (Phi) is 5.75. The van der Waals surface area contributed by atoms with Crippen LogP contribution in [-0.2, 0) is 14.8 Å². The maximum absolute atomic E-state index is 12.7. The van der Waals surface area contributed by atoms with E-state index in [1.165, 1.54) is 0 Å². The molecule has 25 heavy (non-hydrogen) atoms. The van der Waals surface area contributed by atoms with Crippen molar-refractivity contribution < 1.29 is 13.2 Å². The number of carbonyl (C=O) groups excluding carboxylic acids is 1. The van der Waals surface area contributed by atoms with Crippen molar-refractivity contribution in [1.29, 1.82) is 0 Å². The molecule has 134 valence electrons. The molecule has 0 heterocycles. The van der Waals surface area contributed by atoms with E-state index < -0.39 is 22.0 Å². The molecule has 0 aliphatic rings. The van der Waals surface area contributed by atoms with Gasteiger partial charge in [0, 0.05) is 10.7 Å². The van der Waals surface area contributed by atoms with Crippen LogP contribution in [0.4, 0.5) is 11.4 Å². The molecule has 0 aromatic heterocycles. The Labute approximate surface area is 153 Å². The molecule has 0 saturated heterocycles. The second kappa shape index (κ2) is 7.45. The molecule has 0 radical (unpaired) electrons. The van der Waals surface area contributed by atoms with Gasteiger partial charge in [-0.05, 0) is 56.2 Å². The average molecular weight is 381 g/mol. The summed E-state index contributed by atoms with van der Waals surface area (Å²) in [5.41, 5.74) is 2.64. The van der Waals surface area contributed by atoms with Gasteiger partial charge in [0.1, 0.15) is 6.04 Å². The molecule has 1 amide bonds. The number of aryl methyl sites for hydroxylation is 1. The van der Waals surface area contributed by atoms with Gasteiger partial charge in [0.2, 0.25) is 15.9 Å². The molecular weight excluding hydrogens is 360 g/mol. The molecule has 1 N–H and O–H groups in total. The third-order valence-electron chi connectivity index (χ3n) is 3.87. The van der Waals surface area contributed by atoms with Crippen molar-refractivity contribution in [3.63, 3.8) is 0 Å². The van der Waals surface area contributed by atoms with E-state index in [9.17, 15) is 13.2 Å². The lowest BCUT2D eigenvalue weighted by molar-refractivity contribution is -0.116. The number of rotatable bonds is 5. The maximum Gasteiger partial charge on any atom is 0.248 e. The number of carbonyl (C=O) groups is 1. The van der Waals surface area contributed by atoms with Crippen LogP contribution < -0.4 is 9.62 Å². The Bertz CT molecular complexity index is 897. The van der Waals surface area contributed by atoms with Crippen LogP contribution in [0.1, 0.15) is 18.1 Å². The number of hydrogen-bond acceptors (Lipinski definition) is 3. The lowest BCUT2D eigenvalue weighted by Crippen LogP contribution is -2.45. The number of benzene rings is 2. The maximum atomic E-state index is 12.7. The molecule has 0 unspecified atom stereocenters. The molecule has 0 aliphatic heterocycles. The number of sulfonamides is 1. The molecule has 0 fully saturated rings. The van der Waals surface area contributed by atoms with Gasteiger partial charge in [-0.25, -0.2) is 8.42 Å². The van der Waals surface area contributed by atoms with Crippen molar-refractivity contribution in [2.45, 2.75) is 26.8 Å². The summed E-state index contributed by atoms with van der Waals surface area (Å²) < 4.78 is 25.7. The van der Waals surface area contributed by atoms with Gasteiger partial charge in [-0.2, -0.15) is 0 Å². The first-order chi connectivity index (χ1) is 11.6. The second-order valence-electron chi connectivity index (χ2n) is 5.98. The minimum Gasteiger partial charge on any atom is -0.324 e. The van der Waals surface area contributed by atoms with Crippen molar-refractivity contribution in [3.05, 3.63) is 58.6 Å². The van der Waals surface area contributed by atoms with Crippen molar-refractivity contribution >= 4 is 38.9 Å². The largest absolute Gasteiger partial charge is 0.324 e. The molecule has 0 saturated carbocycles. The van der Waals surface area contributed by atoms with E-state index in [0.717, 1.165) is 21.7 Å². The number of amides is 1. The van der Waals surface area contributed by atoms with Crippen LogP contribution in [0.15, 0.2) is 42.5 Å². The molecule has 5 nitrogen and oxygen atoms in total. The highest BCUT2D eigenvalue weighted by atomic mass is 35.5. The number of halogens is 1. The molecule has 2 aromatic rings. The number of nitrogens with zero attached hydrogens (tertiary/aromatic N) is 1. The zero-order valence-corrected chi connectivity index (χ0v) is 16.1. The summed E-state index contributed by atoms with van der Waals surface area (Å²) in [4.78, 5) is 12.7. The van der Waals surface area contributed by atoms with Gasteiger partial charge >= 0.3 is 0 Å². The number of hydrogen-bond donors (Lipinski definition) is 1. The predicted molar refractivity (Wildman–Crippen MR) is 103 cm³/mol. The van der Waals surface area contributed by atoms with Crippen molar-refractivity contribution in [1.82, 2.24) is 0 Å². The summed E-state index contributed by atoms with van der Waals surface area (Å²) in [6.07, 6.45) is 1.09. The third-order valence-corrected chi connectivity index (χ3v) is 5.52. The zero-order chi connectivity index (χ0) is 18.8. The molecule has 0 aliphatic carbocycles.